The maximum Gasteiger partial charge on any atom is 0.305 e. The molecule has 3 heteroatoms. The number of rotatable bonds is 6. The monoisotopic (exact) mass is 304 g/mol. The number of benzene rings is 1. The van der Waals surface area contributed by atoms with Gasteiger partial charge in [0, 0.05) is 18.4 Å². The Morgan fingerprint density at radius 3 is 2.05 bits per heavy atom. The third kappa shape index (κ3) is 4.97. The second-order valence-electron chi connectivity index (χ2n) is 6.82. The molecule has 0 saturated heterocycles. The molecule has 0 saturated carbocycles. The maximum atomic E-state index is 12.4. The second kappa shape index (κ2) is 7.57. The van der Waals surface area contributed by atoms with E-state index in [2.05, 4.69) is 32.9 Å². The van der Waals surface area contributed by atoms with Crippen molar-refractivity contribution in [1.82, 2.24) is 0 Å². The molecule has 22 heavy (non-hydrogen) atoms. The number of hydrogen-bond donors (Lipinski definition) is 0. The van der Waals surface area contributed by atoms with E-state index in [0.717, 1.165) is 16.7 Å². The van der Waals surface area contributed by atoms with Gasteiger partial charge in [0.2, 0.25) is 0 Å². The van der Waals surface area contributed by atoms with Gasteiger partial charge in [0.1, 0.15) is 0 Å². The zero-order valence-electron chi connectivity index (χ0n) is 14.7. The Morgan fingerprint density at radius 1 is 1.05 bits per heavy atom. The first-order valence-electron chi connectivity index (χ1n) is 7.97. The van der Waals surface area contributed by atoms with E-state index in [1.54, 1.807) is 6.92 Å². The summed E-state index contributed by atoms with van der Waals surface area (Å²) in [6.07, 6.45) is 1.23. The van der Waals surface area contributed by atoms with Crippen LogP contribution in [0.15, 0.2) is 12.1 Å². The minimum absolute atomic E-state index is 0.0704. The lowest BCUT2D eigenvalue weighted by Gasteiger charge is -2.22. The molecule has 1 aromatic carbocycles. The molecule has 0 amide bonds. The van der Waals surface area contributed by atoms with Crippen LogP contribution in [0.3, 0.4) is 0 Å². The number of Topliss-reactive ketones (excluding diaryl/α,β-unsaturated/α-hetero) is 1. The van der Waals surface area contributed by atoms with Gasteiger partial charge in [-0.2, -0.15) is 0 Å². The van der Waals surface area contributed by atoms with E-state index in [1.165, 1.54) is 5.56 Å². The van der Waals surface area contributed by atoms with Crippen molar-refractivity contribution in [2.24, 2.45) is 0 Å². The van der Waals surface area contributed by atoms with Crippen molar-refractivity contribution in [3.63, 3.8) is 0 Å². The van der Waals surface area contributed by atoms with Crippen molar-refractivity contribution in [3.8, 4) is 0 Å². The van der Waals surface area contributed by atoms with E-state index in [-0.39, 0.29) is 17.2 Å². The van der Waals surface area contributed by atoms with Crippen molar-refractivity contribution in [1.29, 1.82) is 0 Å². The fraction of sp³-hybridized carbons (Fsp3) is 0.579. The molecule has 0 aliphatic carbocycles. The highest BCUT2D eigenvalue weighted by Gasteiger charge is 2.19. The predicted octanol–water partition coefficient (Wildman–Crippen LogP) is 4.52. The van der Waals surface area contributed by atoms with Crippen molar-refractivity contribution in [2.75, 3.05) is 6.61 Å². The third-order valence-corrected chi connectivity index (χ3v) is 3.77. The van der Waals surface area contributed by atoms with Gasteiger partial charge < -0.3 is 4.74 Å². The van der Waals surface area contributed by atoms with Gasteiger partial charge >= 0.3 is 5.97 Å². The molecule has 0 spiro atoms. The van der Waals surface area contributed by atoms with Crippen LogP contribution in [0.25, 0.3) is 0 Å². The number of carbonyl (C=O) groups excluding carboxylic acids is 2. The Kier molecular flexibility index (Phi) is 6.34. The summed E-state index contributed by atoms with van der Waals surface area (Å²) in [7, 11) is 0. The summed E-state index contributed by atoms with van der Waals surface area (Å²) in [6.45, 7) is 12.7. The van der Waals surface area contributed by atoms with Crippen molar-refractivity contribution >= 4 is 11.8 Å². The van der Waals surface area contributed by atoms with Crippen LogP contribution in [0.1, 0.15) is 74.0 Å². The summed E-state index contributed by atoms with van der Waals surface area (Å²) in [5.41, 5.74) is 4.15. The van der Waals surface area contributed by atoms with Gasteiger partial charge in [-0.3, -0.25) is 9.59 Å². The molecule has 3 nitrogen and oxygen atoms in total. The lowest BCUT2D eigenvalue weighted by molar-refractivity contribution is -0.143. The van der Waals surface area contributed by atoms with Gasteiger partial charge in [0.15, 0.2) is 5.78 Å². The van der Waals surface area contributed by atoms with Gasteiger partial charge in [0.25, 0.3) is 0 Å². The summed E-state index contributed by atoms with van der Waals surface area (Å²) < 4.78 is 4.88. The molecule has 1 aromatic rings. The van der Waals surface area contributed by atoms with E-state index >= 15 is 0 Å². The van der Waals surface area contributed by atoms with Crippen LogP contribution >= 0.6 is 0 Å². The van der Waals surface area contributed by atoms with Crippen LogP contribution in [0.2, 0.25) is 0 Å². The molecule has 0 aromatic heterocycles. The van der Waals surface area contributed by atoms with Gasteiger partial charge in [-0.05, 0) is 49.3 Å². The maximum absolute atomic E-state index is 12.4. The topological polar surface area (TPSA) is 43.4 Å². The zero-order valence-corrected chi connectivity index (χ0v) is 14.7. The fourth-order valence-electron chi connectivity index (χ4n) is 2.59. The molecule has 122 valence electrons. The average molecular weight is 304 g/mol. The van der Waals surface area contributed by atoms with Crippen LogP contribution in [0, 0.1) is 13.8 Å². The van der Waals surface area contributed by atoms with Crippen molar-refractivity contribution in [3.05, 3.63) is 34.4 Å². The molecule has 0 bridgehead atoms. The SMILES string of the molecule is CCOC(=O)CCCC(=O)c1c(C)cc(C(C)(C)C)cc1C. The number of ether oxygens (including phenoxy) is 1. The number of aryl methyl sites for hydroxylation is 2. The molecule has 0 aliphatic heterocycles. The third-order valence-electron chi connectivity index (χ3n) is 3.77. The van der Waals surface area contributed by atoms with E-state index in [0.29, 0.717) is 25.9 Å². The fourth-order valence-corrected chi connectivity index (χ4v) is 2.59. The molecule has 0 fully saturated rings. The molecular formula is C19H28O3. The van der Waals surface area contributed by atoms with Gasteiger partial charge in [-0.25, -0.2) is 0 Å². The highest BCUT2D eigenvalue weighted by atomic mass is 16.5. The summed E-state index contributed by atoms with van der Waals surface area (Å²) in [5, 5.41) is 0. The average Bonchev–Trinajstić information content (AvgIpc) is 2.37. The number of hydrogen-bond acceptors (Lipinski definition) is 3. The normalized spacial score (nSPS) is 11.4. The minimum atomic E-state index is -0.230. The number of carbonyl (C=O) groups is 2. The molecule has 0 heterocycles. The number of esters is 1. The van der Waals surface area contributed by atoms with Crippen LogP contribution in [-0.2, 0) is 14.9 Å². The summed E-state index contributed by atoms with van der Waals surface area (Å²) in [4.78, 5) is 23.8. The largest absolute Gasteiger partial charge is 0.466 e. The molecule has 0 unspecified atom stereocenters. The lowest BCUT2D eigenvalue weighted by atomic mass is 9.83. The molecular weight excluding hydrogens is 276 g/mol. The Morgan fingerprint density at radius 2 is 1.59 bits per heavy atom. The predicted molar refractivity (Wildman–Crippen MR) is 89.4 cm³/mol. The van der Waals surface area contributed by atoms with E-state index in [9.17, 15) is 9.59 Å². The second-order valence-corrected chi connectivity index (χ2v) is 6.82. The Hall–Kier alpha value is -1.64. The van der Waals surface area contributed by atoms with Crippen LogP contribution in [0.5, 0.6) is 0 Å². The summed E-state index contributed by atoms with van der Waals surface area (Å²) in [5.74, 6) is -0.119. The highest BCUT2D eigenvalue weighted by Crippen LogP contribution is 2.27. The highest BCUT2D eigenvalue weighted by molar-refractivity contribution is 5.99. The summed E-state index contributed by atoms with van der Waals surface area (Å²) in [6, 6.07) is 4.21. The quantitative estimate of drug-likeness (QED) is 0.573. The first-order valence-corrected chi connectivity index (χ1v) is 7.97. The Bertz CT molecular complexity index is 527. The van der Waals surface area contributed by atoms with Crippen LogP contribution in [0.4, 0.5) is 0 Å². The molecule has 1 rings (SSSR count). The molecule has 0 radical (unpaired) electrons. The molecule has 0 N–H and O–H groups in total. The van der Waals surface area contributed by atoms with E-state index in [1.807, 2.05) is 13.8 Å². The molecule has 0 atom stereocenters. The van der Waals surface area contributed by atoms with Crippen molar-refractivity contribution in [2.45, 2.75) is 66.2 Å². The van der Waals surface area contributed by atoms with Crippen LogP contribution in [-0.4, -0.2) is 18.4 Å². The number of ketones is 1. The Balaban J connectivity index is 2.80. The smallest absolute Gasteiger partial charge is 0.305 e. The van der Waals surface area contributed by atoms with E-state index in [4.69, 9.17) is 4.74 Å². The van der Waals surface area contributed by atoms with Crippen molar-refractivity contribution < 1.29 is 14.3 Å². The van der Waals surface area contributed by atoms with Gasteiger partial charge in [-0.1, -0.05) is 32.9 Å². The standard InChI is InChI=1S/C19H28O3/c1-7-22-17(21)10-8-9-16(20)18-13(2)11-15(12-14(18)3)19(4,5)6/h11-12H,7-10H2,1-6H3. The lowest BCUT2D eigenvalue weighted by Crippen LogP contribution is -2.14. The first-order chi connectivity index (χ1) is 10.2. The Labute approximate surface area is 134 Å². The first kappa shape index (κ1) is 18.4. The minimum Gasteiger partial charge on any atom is -0.466 e. The van der Waals surface area contributed by atoms with Gasteiger partial charge in [0.05, 0.1) is 6.61 Å². The summed E-state index contributed by atoms with van der Waals surface area (Å²) >= 11 is 0. The zero-order chi connectivity index (χ0) is 16.9. The van der Waals surface area contributed by atoms with Crippen LogP contribution < -0.4 is 0 Å². The van der Waals surface area contributed by atoms with Gasteiger partial charge in [-0.15, -0.1) is 0 Å². The van der Waals surface area contributed by atoms with E-state index < -0.39 is 0 Å². The molecule has 0 aliphatic rings.